The lowest BCUT2D eigenvalue weighted by Crippen LogP contribution is -2.64. The van der Waals surface area contributed by atoms with Gasteiger partial charge in [0.15, 0.2) is 11.5 Å². The second-order valence-corrected chi connectivity index (χ2v) is 8.55. The summed E-state index contributed by atoms with van der Waals surface area (Å²) in [6, 6.07) is 1.45. The molecule has 3 atom stereocenters. The summed E-state index contributed by atoms with van der Waals surface area (Å²) in [4.78, 5) is 11.9. The lowest BCUT2D eigenvalue weighted by atomic mass is 9.56. The Hall–Kier alpha value is -1.79. The van der Waals surface area contributed by atoms with Gasteiger partial charge in [-0.05, 0) is 31.7 Å². The Morgan fingerprint density at radius 1 is 1.28 bits per heavy atom. The number of aromatic carboxylic acids is 1. The predicted molar refractivity (Wildman–Crippen MR) is 91.1 cm³/mol. The second kappa shape index (κ2) is 5.11. The van der Waals surface area contributed by atoms with Gasteiger partial charge < -0.3 is 25.2 Å². The minimum absolute atomic E-state index is 0.000162. The molecule has 0 bridgehead atoms. The number of carboxylic acids is 1. The minimum atomic E-state index is -1.72. The van der Waals surface area contributed by atoms with Crippen molar-refractivity contribution in [2.24, 2.45) is 5.41 Å². The first-order valence-electron chi connectivity index (χ1n) is 8.59. The molecule has 138 valence electrons. The molecule has 6 nitrogen and oxygen atoms in total. The third-order valence-corrected chi connectivity index (χ3v) is 5.99. The number of fused-ring (bicyclic) bond motifs is 3. The predicted octanol–water partition coefficient (Wildman–Crippen LogP) is 2.73. The summed E-state index contributed by atoms with van der Waals surface area (Å²) in [5, 5.41) is 42.3. The third kappa shape index (κ3) is 2.13. The Balaban J connectivity index is 2.37. The number of aliphatic hydroxyl groups is 2. The monoisotopic (exact) mass is 350 g/mol. The van der Waals surface area contributed by atoms with Gasteiger partial charge >= 0.3 is 5.97 Å². The molecule has 1 aliphatic carbocycles. The number of rotatable bonds is 2. The van der Waals surface area contributed by atoms with Crippen molar-refractivity contribution in [3.05, 3.63) is 22.8 Å². The first-order valence-corrected chi connectivity index (χ1v) is 8.59. The number of phenolic OH excluding ortho intramolecular Hbond substituents is 1. The molecule has 0 spiro atoms. The number of carbonyl (C=O) groups is 1. The van der Waals surface area contributed by atoms with E-state index in [0.29, 0.717) is 12.0 Å². The molecule has 1 saturated carbocycles. The molecule has 6 heteroatoms. The van der Waals surface area contributed by atoms with Gasteiger partial charge in [-0.2, -0.15) is 0 Å². The molecule has 25 heavy (non-hydrogen) atoms. The van der Waals surface area contributed by atoms with Crippen molar-refractivity contribution in [2.75, 3.05) is 0 Å². The minimum Gasteiger partial charge on any atom is -0.504 e. The molecule has 1 fully saturated rings. The van der Waals surface area contributed by atoms with Gasteiger partial charge in [0, 0.05) is 16.5 Å². The van der Waals surface area contributed by atoms with E-state index >= 15 is 0 Å². The second-order valence-electron chi connectivity index (χ2n) is 8.55. The van der Waals surface area contributed by atoms with Crippen molar-refractivity contribution in [3.8, 4) is 11.5 Å². The molecule has 1 aromatic carbocycles. The van der Waals surface area contributed by atoms with Crippen molar-refractivity contribution < 1.29 is 30.0 Å². The molecule has 0 amide bonds. The number of aromatic hydroxyl groups is 1. The van der Waals surface area contributed by atoms with Crippen LogP contribution in [0.5, 0.6) is 11.5 Å². The van der Waals surface area contributed by atoms with Crippen LogP contribution in [0, 0.1) is 5.41 Å². The lowest BCUT2D eigenvalue weighted by molar-refractivity contribution is -0.270. The number of ether oxygens (including phenoxy) is 1. The number of phenols is 1. The van der Waals surface area contributed by atoms with Crippen LogP contribution in [0.2, 0.25) is 0 Å². The van der Waals surface area contributed by atoms with Crippen LogP contribution in [-0.2, 0) is 5.41 Å². The summed E-state index contributed by atoms with van der Waals surface area (Å²) in [6.45, 7) is 8.95. The van der Waals surface area contributed by atoms with Crippen LogP contribution < -0.4 is 4.74 Å². The smallest absolute Gasteiger partial charge is 0.336 e. The average Bonchev–Trinajstić information content (AvgIpc) is 2.69. The normalized spacial score (nSPS) is 32.9. The molecule has 0 radical (unpaired) electrons. The molecule has 3 rings (SSSR count). The molecule has 0 aromatic heterocycles. The SMILES string of the molecule is CC(C)c1cc(C(=O)O)c2c(c1O)OC1(O)C(C)(C)CC(O)CC21C. The summed E-state index contributed by atoms with van der Waals surface area (Å²) < 4.78 is 5.91. The summed E-state index contributed by atoms with van der Waals surface area (Å²) in [5.41, 5.74) is -1.26. The van der Waals surface area contributed by atoms with Gasteiger partial charge in [-0.3, -0.25) is 0 Å². The maximum absolute atomic E-state index is 11.9. The van der Waals surface area contributed by atoms with Gasteiger partial charge in [0.2, 0.25) is 5.79 Å². The van der Waals surface area contributed by atoms with E-state index in [4.69, 9.17) is 4.74 Å². The standard InChI is InChI=1S/C19H26O6/c1-9(2)11-6-12(16(22)23)13-15(14(11)21)25-19(24)17(3,4)7-10(20)8-18(13,19)5/h6,9-10,20-21,24H,7-8H2,1-5H3,(H,22,23). The summed E-state index contributed by atoms with van der Waals surface area (Å²) in [5.74, 6) is -3.10. The van der Waals surface area contributed by atoms with E-state index in [0.717, 1.165) is 0 Å². The lowest BCUT2D eigenvalue weighted by Gasteiger charge is -2.53. The summed E-state index contributed by atoms with van der Waals surface area (Å²) >= 11 is 0. The van der Waals surface area contributed by atoms with E-state index in [1.807, 2.05) is 13.8 Å². The van der Waals surface area contributed by atoms with E-state index in [1.165, 1.54) is 6.07 Å². The molecule has 1 aromatic rings. The highest BCUT2D eigenvalue weighted by atomic mass is 16.6. The van der Waals surface area contributed by atoms with Gasteiger partial charge in [0.1, 0.15) is 0 Å². The van der Waals surface area contributed by atoms with Gasteiger partial charge in [0.05, 0.1) is 17.1 Å². The Bertz CT molecular complexity index is 753. The Labute approximate surface area is 147 Å². The van der Waals surface area contributed by atoms with E-state index in [-0.39, 0.29) is 35.0 Å². The van der Waals surface area contributed by atoms with Crippen molar-refractivity contribution in [1.29, 1.82) is 0 Å². The zero-order valence-corrected chi connectivity index (χ0v) is 15.3. The average molecular weight is 350 g/mol. The van der Waals surface area contributed by atoms with Crippen LogP contribution in [0.15, 0.2) is 6.07 Å². The highest BCUT2D eigenvalue weighted by Gasteiger charge is 2.69. The number of carboxylic acid groups (broad SMARTS) is 1. The van der Waals surface area contributed by atoms with Crippen LogP contribution in [0.1, 0.15) is 74.9 Å². The summed E-state index contributed by atoms with van der Waals surface area (Å²) in [7, 11) is 0. The Morgan fingerprint density at radius 3 is 2.40 bits per heavy atom. The Morgan fingerprint density at radius 2 is 1.88 bits per heavy atom. The van der Waals surface area contributed by atoms with Crippen LogP contribution in [0.4, 0.5) is 0 Å². The van der Waals surface area contributed by atoms with Crippen molar-refractivity contribution in [1.82, 2.24) is 0 Å². The fraction of sp³-hybridized carbons (Fsp3) is 0.632. The van der Waals surface area contributed by atoms with Crippen LogP contribution in [-0.4, -0.2) is 38.3 Å². The zero-order valence-electron chi connectivity index (χ0n) is 15.3. The molecule has 0 saturated heterocycles. The molecule has 2 aliphatic rings. The van der Waals surface area contributed by atoms with Crippen molar-refractivity contribution >= 4 is 5.97 Å². The van der Waals surface area contributed by atoms with Crippen molar-refractivity contribution in [2.45, 2.75) is 70.7 Å². The molecular formula is C19H26O6. The van der Waals surface area contributed by atoms with E-state index < -0.39 is 28.7 Å². The number of benzene rings is 1. The van der Waals surface area contributed by atoms with Crippen LogP contribution >= 0.6 is 0 Å². The highest BCUT2D eigenvalue weighted by molar-refractivity contribution is 5.92. The van der Waals surface area contributed by atoms with Gasteiger partial charge in [-0.1, -0.05) is 27.7 Å². The summed E-state index contributed by atoms with van der Waals surface area (Å²) in [6.07, 6.45) is -0.239. The largest absolute Gasteiger partial charge is 0.504 e. The highest BCUT2D eigenvalue weighted by Crippen LogP contribution is 2.64. The quantitative estimate of drug-likeness (QED) is 0.653. The first-order chi connectivity index (χ1) is 11.4. The molecular weight excluding hydrogens is 324 g/mol. The van der Waals surface area contributed by atoms with E-state index in [2.05, 4.69) is 0 Å². The van der Waals surface area contributed by atoms with E-state index in [9.17, 15) is 25.2 Å². The van der Waals surface area contributed by atoms with Crippen molar-refractivity contribution in [3.63, 3.8) is 0 Å². The maximum Gasteiger partial charge on any atom is 0.336 e. The van der Waals surface area contributed by atoms with E-state index in [1.54, 1.807) is 20.8 Å². The number of hydrogen-bond donors (Lipinski definition) is 4. The maximum atomic E-state index is 11.9. The van der Waals surface area contributed by atoms with Crippen LogP contribution in [0.25, 0.3) is 0 Å². The fourth-order valence-corrected chi connectivity index (χ4v) is 4.75. The van der Waals surface area contributed by atoms with Gasteiger partial charge in [-0.15, -0.1) is 0 Å². The third-order valence-electron chi connectivity index (χ3n) is 5.99. The molecule has 3 unspecified atom stereocenters. The molecule has 1 heterocycles. The number of hydrogen-bond acceptors (Lipinski definition) is 5. The Kier molecular flexibility index (Phi) is 3.68. The molecule has 1 aliphatic heterocycles. The fourth-order valence-electron chi connectivity index (χ4n) is 4.75. The first kappa shape index (κ1) is 18.0. The van der Waals surface area contributed by atoms with Gasteiger partial charge in [0.25, 0.3) is 0 Å². The zero-order chi connectivity index (χ0) is 18.9. The topological polar surface area (TPSA) is 107 Å². The van der Waals surface area contributed by atoms with Crippen LogP contribution in [0.3, 0.4) is 0 Å². The number of aliphatic hydroxyl groups excluding tert-OH is 1. The molecule has 4 N–H and O–H groups in total. The van der Waals surface area contributed by atoms with Gasteiger partial charge in [-0.25, -0.2) is 4.79 Å².